The van der Waals surface area contributed by atoms with Crippen LogP contribution in [0.25, 0.3) is 0 Å². The minimum Gasteiger partial charge on any atom is -0.493 e. The van der Waals surface area contributed by atoms with Gasteiger partial charge in [0.1, 0.15) is 11.8 Å². The Balaban J connectivity index is 1.53. The number of nitrogens with one attached hydrogen (secondary N) is 1. The maximum Gasteiger partial charge on any atom is 0.407 e. The minimum atomic E-state index is -0.557. The van der Waals surface area contributed by atoms with Crippen molar-refractivity contribution in [1.82, 2.24) is 15.1 Å². The van der Waals surface area contributed by atoms with E-state index in [1.165, 1.54) is 18.2 Å². The SMILES string of the molecule is COC(=O)NC(CC(C)C)C(=O)N1CCN(Cc2ccc3c(c2)CCO3)CC1. The van der Waals surface area contributed by atoms with Crippen LogP contribution in [-0.4, -0.2) is 67.7 Å². The first-order valence-corrected chi connectivity index (χ1v) is 10.1. The maximum absolute atomic E-state index is 12.9. The average molecular weight is 389 g/mol. The molecule has 2 aliphatic heterocycles. The summed E-state index contributed by atoms with van der Waals surface area (Å²) in [5.41, 5.74) is 2.57. The molecule has 2 aliphatic rings. The van der Waals surface area contributed by atoms with E-state index in [2.05, 4.69) is 33.2 Å². The largest absolute Gasteiger partial charge is 0.493 e. The van der Waals surface area contributed by atoms with E-state index in [1.807, 2.05) is 18.7 Å². The molecule has 7 nitrogen and oxygen atoms in total. The molecule has 0 radical (unpaired) electrons. The smallest absolute Gasteiger partial charge is 0.407 e. The van der Waals surface area contributed by atoms with Crippen molar-refractivity contribution in [2.75, 3.05) is 39.9 Å². The predicted molar refractivity (Wildman–Crippen MR) is 106 cm³/mol. The number of piperazine rings is 1. The lowest BCUT2D eigenvalue weighted by molar-refractivity contribution is -0.135. The molecule has 3 rings (SSSR count). The molecule has 1 fully saturated rings. The van der Waals surface area contributed by atoms with Gasteiger partial charge in [-0.25, -0.2) is 4.79 Å². The molecule has 0 bridgehead atoms. The molecule has 1 N–H and O–H groups in total. The molecule has 1 saturated heterocycles. The van der Waals surface area contributed by atoms with Crippen LogP contribution in [0.1, 0.15) is 31.4 Å². The molecular formula is C21H31N3O4. The fraction of sp³-hybridized carbons (Fsp3) is 0.619. The molecule has 0 aliphatic carbocycles. The van der Waals surface area contributed by atoms with E-state index in [0.717, 1.165) is 38.4 Å². The lowest BCUT2D eigenvalue weighted by atomic mass is 10.0. The van der Waals surface area contributed by atoms with Gasteiger partial charge in [0.05, 0.1) is 13.7 Å². The summed E-state index contributed by atoms with van der Waals surface area (Å²) in [7, 11) is 1.32. The van der Waals surface area contributed by atoms with Gasteiger partial charge in [0, 0.05) is 39.1 Å². The molecule has 0 saturated carbocycles. The van der Waals surface area contributed by atoms with E-state index >= 15 is 0 Å². The summed E-state index contributed by atoms with van der Waals surface area (Å²) in [6.45, 7) is 8.73. The van der Waals surface area contributed by atoms with Gasteiger partial charge in [0.15, 0.2) is 0 Å². The van der Waals surface area contributed by atoms with Crippen LogP contribution in [-0.2, 0) is 22.5 Å². The second-order valence-electron chi connectivity index (χ2n) is 7.96. The molecule has 28 heavy (non-hydrogen) atoms. The van der Waals surface area contributed by atoms with Gasteiger partial charge in [-0.05, 0) is 29.5 Å². The number of hydrogen-bond donors (Lipinski definition) is 1. The summed E-state index contributed by atoms with van der Waals surface area (Å²) in [5.74, 6) is 1.29. The normalized spacial score (nSPS) is 17.8. The monoisotopic (exact) mass is 389 g/mol. The Labute approximate surface area is 167 Å². The number of alkyl carbamates (subject to hydrolysis) is 1. The topological polar surface area (TPSA) is 71.1 Å². The zero-order valence-corrected chi connectivity index (χ0v) is 17.1. The Morgan fingerprint density at radius 1 is 1.21 bits per heavy atom. The first-order valence-electron chi connectivity index (χ1n) is 10.1. The third-order valence-electron chi connectivity index (χ3n) is 5.33. The van der Waals surface area contributed by atoms with Crippen molar-refractivity contribution >= 4 is 12.0 Å². The molecule has 0 aromatic heterocycles. The lowest BCUT2D eigenvalue weighted by Crippen LogP contribution is -2.55. The highest BCUT2D eigenvalue weighted by Gasteiger charge is 2.29. The second-order valence-corrected chi connectivity index (χ2v) is 7.96. The summed E-state index contributed by atoms with van der Waals surface area (Å²) < 4.78 is 10.2. The molecule has 2 heterocycles. The predicted octanol–water partition coefficient (Wildman–Crippen LogP) is 2.04. The van der Waals surface area contributed by atoms with E-state index in [0.29, 0.717) is 25.4 Å². The first-order chi connectivity index (χ1) is 13.5. The summed E-state index contributed by atoms with van der Waals surface area (Å²) in [5, 5.41) is 2.69. The Morgan fingerprint density at radius 2 is 1.96 bits per heavy atom. The van der Waals surface area contributed by atoms with Crippen LogP contribution in [0.4, 0.5) is 4.79 Å². The van der Waals surface area contributed by atoms with Crippen molar-refractivity contribution in [2.45, 2.75) is 39.3 Å². The third-order valence-corrected chi connectivity index (χ3v) is 5.33. The highest BCUT2D eigenvalue weighted by Crippen LogP contribution is 2.26. The van der Waals surface area contributed by atoms with Gasteiger partial charge in [-0.15, -0.1) is 0 Å². The van der Waals surface area contributed by atoms with Gasteiger partial charge < -0.3 is 19.7 Å². The number of methoxy groups -OCH3 is 1. The zero-order valence-electron chi connectivity index (χ0n) is 17.1. The van der Waals surface area contributed by atoms with Gasteiger partial charge in [-0.1, -0.05) is 26.0 Å². The van der Waals surface area contributed by atoms with E-state index in [4.69, 9.17) is 4.74 Å². The van der Waals surface area contributed by atoms with Crippen molar-refractivity contribution in [3.8, 4) is 5.75 Å². The molecule has 1 aromatic carbocycles. The van der Waals surface area contributed by atoms with Crippen LogP contribution in [0, 0.1) is 5.92 Å². The summed E-state index contributed by atoms with van der Waals surface area (Å²) >= 11 is 0. The molecule has 1 aromatic rings. The van der Waals surface area contributed by atoms with Crippen LogP contribution in [0.15, 0.2) is 18.2 Å². The Kier molecular flexibility index (Phi) is 6.78. The van der Waals surface area contributed by atoms with Gasteiger partial charge in [-0.3, -0.25) is 9.69 Å². The van der Waals surface area contributed by atoms with Crippen molar-refractivity contribution < 1.29 is 19.1 Å². The first kappa shape index (κ1) is 20.5. The highest BCUT2D eigenvalue weighted by atomic mass is 16.5. The number of hydrogen-bond acceptors (Lipinski definition) is 5. The standard InChI is InChI=1S/C21H31N3O4/c1-15(2)12-18(22-21(26)27-3)20(25)24-9-7-23(8-10-24)14-16-4-5-19-17(13-16)6-11-28-19/h4-5,13,15,18H,6-12,14H2,1-3H3,(H,22,26). The highest BCUT2D eigenvalue weighted by molar-refractivity contribution is 5.85. The number of carbonyl (C=O) groups is 2. The average Bonchev–Trinajstić information content (AvgIpc) is 3.15. The van der Waals surface area contributed by atoms with Crippen LogP contribution in [0.2, 0.25) is 0 Å². The Hall–Kier alpha value is -2.28. The zero-order chi connectivity index (χ0) is 20.1. The van der Waals surface area contributed by atoms with Crippen LogP contribution < -0.4 is 10.1 Å². The van der Waals surface area contributed by atoms with E-state index < -0.39 is 12.1 Å². The molecule has 2 amide bonds. The summed E-state index contributed by atoms with van der Waals surface area (Å²) in [4.78, 5) is 28.7. The lowest BCUT2D eigenvalue weighted by Gasteiger charge is -2.36. The fourth-order valence-electron chi connectivity index (χ4n) is 3.84. The quantitative estimate of drug-likeness (QED) is 0.806. The number of benzene rings is 1. The van der Waals surface area contributed by atoms with E-state index in [1.54, 1.807) is 0 Å². The maximum atomic E-state index is 12.9. The minimum absolute atomic E-state index is 0.0200. The third kappa shape index (κ3) is 5.16. The van der Waals surface area contributed by atoms with Gasteiger partial charge in [0.25, 0.3) is 0 Å². The summed E-state index contributed by atoms with van der Waals surface area (Å²) in [6, 6.07) is 5.89. The van der Waals surface area contributed by atoms with Gasteiger partial charge >= 0.3 is 6.09 Å². The Bertz CT molecular complexity index is 699. The Morgan fingerprint density at radius 3 is 2.64 bits per heavy atom. The van der Waals surface area contributed by atoms with Crippen molar-refractivity contribution in [2.24, 2.45) is 5.92 Å². The molecule has 1 atom stereocenters. The second kappa shape index (κ2) is 9.28. The van der Waals surface area contributed by atoms with Crippen LogP contribution >= 0.6 is 0 Å². The molecule has 1 unspecified atom stereocenters. The van der Waals surface area contributed by atoms with Gasteiger partial charge in [-0.2, -0.15) is 0 Å². The van der Waals surface area contributed by atoms with Crippen LogP contribution in [0.5, 0.6) is 5.75 Å². The number of fused-ring (bicyclic) bond motifs is 1. The molecule has 154 valence electrons. The van der Waals surface area contributed by atoms with Gasteiger partial charge in [0.2, 0.25) is 5.91 Å². The van der Waals surface area contributed by atoms with Crippen LogP contribution in [0.3, 0.4) is 0 Å². The van der Waals surface area contributed by atoms with Crippen molar-refractivity contribution in [3.05, 3.63) is 29.3 Å². The molecule has 7 heteroatoms. The van der Waals surface area contributed by atoms with Crippen molar-refractivity contribution in [1.29, 1.82) is 0 Å². The van der Waals surface area contributed by atoms with E-state index in [9.17, 15) is 9.59 Å². The number of nitrogens with zero attached hydrogens (tertiary/aromatic N) is 2. The molecule has 0 spiro atoms. The molecular weight excluding hydrogens is 358 g/mol. The summed E-state index contributed by atoms with van der Waals surface area (Å²) in [6.07, 6.45) is 1.03. The number of amides is 2. The van der Waals surface area contributed by atoms with Crippen molar-refractivity contribution in [3.63, 3.8) is 0 Å². The fourth-order valence-corrected chi connectivity index (χ4v) is 3.84. The number of rotatable bonds is 6. The number of carbonyl (C=O) groups excluding carboxylic acids is 2. The number of ether oxygens (including phenoxy) is 2. The van der Waals surface area contributed by atoms with E-state index in [-0.39, 0.29) is 5.91 Å².